The van der Waals surface area contributed by atoms with E-state index in [-0.39, 0.29) is 5.91 Å². The second-order valence-electron chi connectivity index (χ2n) is 7.04. The predicted molar refractivity (Wildman–Crippen MR) is 119 cm³/mol. The Morgan fingerprint density at radius 2 is 1.87 bits per heavy atom. The highest BCUT2D eigenvalue weighted by Gasteiger charge is 2.35. The number of carbonyl (C=O) groups excluding carboxylic acids is 1. The lowest BCUT2D eigenvalue weighted by molar-refractivity contribution is -0.120. The predicted octanol–water partition coefficient (Wildman–Crippen LogP) is 4.16. The highest BCUT2D eigenvalue weighted by molar-refractivity contribution is 7.98. The van der Waals surface area contributed by atoms with E-state index < -0.39 is 6.23 Å². The molecule has 0 saturated heterocycles. The molecule has 2 heterocycles. The minimum Gasteiger partial charge on any atom is -0.447 e. The molecule has 0 unspecified atom stereocenters. The molecule has 0 radical (unpaired) electrons. The summed E-state index contributed by atoms with van der Waals surface area (Å²) in [6.07, 6.45) is 1.57. The smallest absolute Gasteiger partial charge is 0.247 e. The highest BCUT2D eigenvalue weighted by Crippen LogP contribution is 2.43. The van der Waals surface area contributed by atoms with Crippen LogP contribution in [0.1, 0.15) is 25.1 Å². The number of ether oxygens (including phenoxy) is 1. The molecule has 3 aromatic rings. The average Bonchev–Trinajstić information content (AvgIpc) is 2.92. The summed E-state index contributed by atoms with van der Waals surface area (Å²) < 4.78 is 6.37. The van der Waals surface area contributed by atoms with Crippen molar-refractivity contribution in [1.82, 2.24) is 15.2 Å². The van der Waals surface area contributed by atoms with E-state index >= 15 is 0 Å². The number of para-hydroxylation sites is 1. The molecular weight excluding hydrogens is 398 g/mol. The number of thioether (sulfide) groups is 1. The van der Waals surface area contributed by atoms with Gasteiger partial charge in [0.05, 0.1) is 5.69 Å². The fourth-order valence-electron chi connectivity index (χ4n) is 3.39. The normalized spacial score (nSPS) is 14.9. The molecule has 7 nitrogen and oxygen atoms in total. The molecule has 0 bridgehead atoms. The van der Waals surface area contributed by atoms with Gasteiger partial charge in [0.1, 0.15) is 0 Å². The van der Waals surface area contributed by atoms with E-state index in [1.165, 1.54) is 11.8 Å². The van der Waals surface area contributed by atoms with E-state index in [0.717, 1.165) is 22.5 Å². The van der Waals surface area contributed by atoms with Crippen LogP contribution in [0.25, 0.3) is 11.3 Å². The maximum Gasteiger partial charge on any atom is 0.247 e. The van der Waals surface area contributed by atoms with E-state index in [0.29, 0.717) is 23.2 Å². The summed E-state index contributed by atoms with van der Waals surface area (Å²) in [5.41, 5.74) is 3.96. The van der Waals surface area contributed by atoms with E-state index in [2.05, 4.69) is 15.2 Å². The van der Waals surface area contributed by atoms with Gasteiger partial charge in [0.2, 0.25) is 23.2 Å². The molecule has 1 atom stereocenters. The van der Waals surface area contributed by atoms with Crippen LogP contribution in [0.3, 0.4) is 0 Å². The topological polar surface area (TPSA) is 71.5 Å². The number of nitrogens with zero attached hydrogens (tertiary/aromatic N) is 5. The van der Waals surface area contributed by atoms with Crippen molar-refractivity contribution in [3.8, 4) is 17.1 Å². The molecule has 0 spiro atoms. The van der Waals surface area contributed by atoms with Crippen LogP contribution in [0.2, 0.25) is 0 Å². The zero-order valence-corrected chi connectivity index (χ0v) is 18.2. The number of carbonyl (C=O) groups is 1. The molecule has 1 aromatic heterocycles. The molecule has 8 heteroatoms. The quantitative estimate of drug-likeness (QED) is 0.586. The Balaban J connectivity index is 1.92. The fraction of sp³-hybridized carbons (Fsp3) is 0.273. The third-order valence-corrected chi connectivity index (χ3v) is 5.50. The molecule has 4 rings (SSSR count). The standard InChI is InChI=1S/C22H23N5O2S/c1-5-18(28)27-17-9-7-6-8-16(17)19-20(23-22(30-4)25-24-19)29-21(27)14-10-12-15(13-11-14)26(2)3/h6-13,21H,5H2,1-4H3/t21-/m1/s1. The maximum atomic E-state index is 13.1. The second-order valence-corrected chi connectivity index (χ2v) is 7.82. The third kappa shape index (κ3) is 3.59. The van der Waals surface area contributed by atoms with Crippen LogP contribution in [0.4, 0.5) is 11.4 Å². The van der Waals surface area contributed by atoms with Gasteiger partial charge in [-0.3, -0.25) is 9.69 Å². The van der Waals surface area contributed by atoms with Crippen LogP contribution in [-0.4, -0.2) is 41.4 Å². The molecule has 1 aliphatic heterocycles. The summed E-state index contributed by atoms with van der Waals surface area (Å²) in [5.74, 6) is 0.324. The Kier molecular flexibility index (Phi) is 5.59. The lowest BCUT2D eigenvalue weighted by Gasteiger charge is -2.31. The van der Waals surface area contributed by atoms with Crippen molar-refractivity contribution in [3.05, 3.63) is 54.1 Å². The number of aromatic nitrogens is 3. The van der Waals surface area contributed by atoms with Crippen molar-refractivity contribution in [2.45, 2.75) is 24.7 Å². The van der Waals surface area contributed by atoms with Crippen molar-refractivity contribution in [1.29, 1.82) is 0 Å². The van der Waals surface area contributed by atoms with E-state index in [1.807, 2.05) is 80.7 Å². The van der Waals surface area contributed by atoms with Crippen LogP contribution in [0.5, 0.6) is 5.88 Å². The molecule has 1 amide bonds. The van der Waals surface area contributed by atoms with Crippen LogP contribution < -0.4 is 14.5 Å². The molecule has 2 aromatic carbocycles. The highest BCUT2D eigenvalue weighted by atomic mass is 32.2. The van der Waals surface area contributed by atoms with Gasteiger partial charge in [0.15, 0.2) is 5.69 Å². The number of hydrogen-bond acceptors (Lipinski definition) is 7. The molecular formula is C22H23N5O2S. The first-order valence-electron chi connectivity index (χ1n) is 9.67. The SMILES string of the molecule is CCC(=O)N1c2ccccc2-c2nnc(SC)nc2O[C@@H]1c1ccc(N(C)C)cc1. The first kappa shape index (κ1) is 20.2. The molecule has 0 N–H and O–H groups in total. The van der Waals surface area contributed by atoms with Gasteiger partial charge >= 0.3 is 0 Å². The summed E-state index contributed by atoms with van der Waals surface area (Å²) in [4.78, 5) is 21.4. The second kappa shape index (κ2) is 8.31. The van der Waals surface area contributed by atoms with Gasteiger partial charge in [-0.25, -0.2) is 0 Å². The van der Waals surface area contributed by atoms with E-state index in [4.69, 9.17) is 4.74 Å². The Hall–Kier alpha value is -3.13. The van der Waals surface area contributed by atoms with Gasteiger partial charge in [0.25, 0.3) is 0 Å². The minimum atomic E-state index is -0.664. The number of anilines is 2. The zero-order chi connectivity index (χ0) is 21.3. The molecule has 30 heavy (non-hydrogen) atoms. The van der Waals surface area contributed by atoms with Gasteiger partial charge < -0.3 is 9.64 Å². The molecule has 1 aliphatic rings. The molecule has 154 valence electrons. The maximum absolute atomic E-state index is 13.1. The summed E-state index contributed by atoms with van der Waals surface area (Å²) in [6.45, 7) is 1.85. The average molecular weight is 422 g/mol. The Morgan fingerprint density at radius 1 is 1.13 bits per heavy atom. The molecule has 0 aliphatic carbocycles. The van der Waals surface area contributed by atoms with Crippen molar-refractivity contribution >= 4 is 29.0 Å². The minimum absolute atomic E-state index is 0.0463. The summed E-state index contributed by atoms with van der Waals surface area (Å²) >= 11 is 1.39. The number of amides is 1. The fourth-order valence-corrected chi connectivity index (χ4v) is 3.69. The lowest BCUT2D eigenvalue weighted by atomic mass is 10.1. The van der Waals surface area contributed by atoms with Crippen molar-refractivity contribution in [3.63, 3.8) is 0 Å². The van der Waals surface area contributed by atoms with E-state index in [1.54, 1.807) is 4.90 Å². The van der Waals surface area contributed by atoms with Crippen molar-refractivity contribution in [2.75, 3.05) is 30.2 Å². The van der Waals surface area contributed by atoms with Crippen molar-refractivity contribution in [2.24, 2.45) is 0 Å². The molecule has 0 saturated carbocycles. The Morgan fingerprint density at radius 3 is 2.53 bits per heavy atom. The van der Waals surface area contributed by atoms with Crippen LogP contribution >= 0.6 is 11.8 Å². The van der Waals surface area contributed by atoms with Gasteiger partial charge in [-0.15, -0.1) is 10.2 Å². The third-order valence-electron chi connectivity index (χ3n) is 4.96. The first-order valence-corrected chi connectivity index (χ1v) is 10.9. The van der Waals surface area contributed by atoms with Crippen LogP contribution in [0.15, 0.2) is 53.7 Å². The number of benzene rings is 2. The monoisotopic (exact) mass is 421 g/mol. The number of rotatable bonds is 4. The van der Waals surface area contributed by atoms with Crippen LogP contribution in [0, 0.1) is 0 Å². The largest absolute Gasteiger partial charge is 0.447 e. The number of hydrogen-bond donors (Lipinski definition) is 0. The summed E-state index contributed by atoms with van der Waals surface area (Å²) in [7, 11) is 3.98. The number of fused-ring (bicyclic) bond motifs is 3. The summed E-state index contributed by atoms with van der Waals surface area (Å²) in [5, 5.41) is 9.07. The van der Waals surface area contributed by atoms with Gasteiger partial charge in [-0.2, -0.15) is 4.98 Å². The van der Waals surface area contributed by atoms with Crippen LogP contribution in [-0.2, 0) is 4.79 Å². The lowest BCUT2D eigenvalue weighted by Crippen LogP contribution is -2.37. The summed E-state index contributed by atoms with van der Waals surface area (Å²) in [6, 6.07) is 15.6. The molecule has 0 fully saturated rings. The van der Waals surface area contributed by atoms with E-state index in [9.17, 15) is 4.79 Å². The Bertz CT molecular complexity index is 1070. The van der Waals surface area contributed by atoms with Gasteiger partial charge in [-0.05, 0) is 24.5 Å². The Labute approximate surface area is 180 Å². The van der Waals surface area contributed by atoms with Gasteiger partial charge in [0, 0.05) is 37.3 Å². The zero-order valence-electron chi connectivity index (χ0n) is 17.4. The first-order chi connectivity index (χ1) is 14.5. The van der Waals surface area contributed by atoms with Crippen molar-refractivity contribution < 1.29 is 9.53 Å². The van der Waals surface area contributed by atoms with Gasteiger partial charge in [-0.1, -0.05) is 49.0 Å².